The number of rotatable bonds is 6. The predicted molar refractivity (Wildman–Crippen MR) is 47.1 cm³/mol. The number of carbonyl (C=O) groups excluding carboxylic acids is 2. The first-order valence-electron chi connectivity index (χ1n) is 4.09. The Balaban J connectivity index is 3.73. The molecule has 0 spiro atoms. The van der Waals surface area contributed by atoms with Crippen molar-refractivity contribution in [3.8, 4) is 0 Å². The lowest BCUT2D eigenvalue weighted by atomic mass is 10.1. The van der Waals surface area contributed by atoms with Crippen LogP contribution in [0.25, 0.3) is 0 Å². The molecule has 0 radical (unpaired) electrons. The van der Waals surface area contributed by atoms with E-state index in [9.17, 15) is 14.7 Å². The van der Waals surface area contributed by atoms with Gasteiger partial charge in [-0.05, 0) is 13.0 Å². The van der Waals surface area contributed by atoms with Crippen LogP contribution in [0.5, 0.6) is 0 Å². The van der Waals surface area contributed by atoms with E-state index in [1.807, 2.05) is 0 Å². The standard InChI is InChI=1S/C9H14O4/c1-3-7(10)5-8(11)6-9(12)13-4-2/h3,8,11H,1,4-6H2,2H3. The molecule has 1 N–H and O–H groups in total. The van der Waals surface area contributed by atoms with E-state index >= 15 is 0 Å². The fourth-order valence-electron chi connectivity index (χ4n) is 0.800. The summed E-state index contributed by atoms with van der Waals surface area (Å²) in [6, 6.07) is 0. The Morgan fingerprint density at radius 2 is 2.15 bits per heavy atom. The molecule has 0 bridgehead atoms. The van der Waals surface area contributed by atoms with Crippen molar-refractivity contribution in [2.45, 2.75) is 25.9 Å². The zero-order chi connectivity index (χ0) is 10.3. The monoisotopic (exact) mass is 186 g/mol. The zero-order valence-corrected chi connectivity index (χ0v) is 7.66. The minimum absolute atomic E-state index is 0.0810. The second kappa shape index (κ2) is 6.37. The maximum absolute atomic E-state index is 10.8. The lowest BCUT2D eigenvalue weighted by Gasteiger charge is -2.06. The van der Waals surface area contributed by atoms with Crippen LogP contribution in [0.4, 0.5) is 0 Å². The molecule has 0 rings (SSSR count). The number of hydrogen-bond donors (Lipinski definition) is 1. The third-order valence-corrected chi connectivity index (χ3v) is 1.37. The largest absolute Gasteiger partial charge is 0.466 e. The molecule has 74 valence electrons. The van der Waals surface area contributed by atoms with Crippen molar-refractivity contribution in [2.75, 3.05) is 6.61 Å². The maximum Gasteiger partial charge on any atom is 0.308 e. The summed E-state index contributed by atoms with van der Waals surface area (Å²) in [5.41, 5.74) is 0. The van der Waals surface area contributed by atoms with E-state index in [2.05, 4.69) is 11.3 Å². The van der Waals surface area contributed by atoms with Crippen LogP contribution in [0.15, 0.2) is 12.7 Å². The summed E-state index contributed by atoms with van der Waals surface area (Å²) in [7, 11) is 0. The van der Waals surface area contributed by atoms with Gasteiger partial charge in [0.2, 0.25) is 0 Å². The van der Waals surface area contributed by atoms with Crippen LogP contribution in [0, 0.1) is 0 Å². The summed E-state index contributed by atoms with van der Waals surface area (Å²) in [5, 5.41) is 9.18. The molecule has 1 unspecified atom stereocenters. The van der Waals surface area contributed by atoms with Crippen LogP contribution in [0.2, 0.25) is 0 Å². The fraction of sp³-hybridized carbons (Fsp3) is 0.556. The Morgan fingerprint density at radius 3 is 2.62 bits per heavy atom. The van der Waals surface area contributed by atoms with E-state index in [0.717, 1.165) is 6.08 Å². The lowest BCUT2D eigenvalue weighted by Crippen LogP contribution is -2.18. The molecule has 0 aromatic heterocycles. The molecule has 1 atom stereocenters. The molecule has 0 saturated carbocycles. The average molecular weight is 186 g/mol. The minimum Gasteiger partial charge on any atom is -0.466 e. The highest BCUT2D eigenvalue weighted by molar-refractivity contribution is 5.89. The second-order valence-electron chi connectivity index (χ2n) is 2.54. The fourth-order valence-corrected chi connectivity index (χ4v) is 0.800. The molecule has 0 aromatic carbocycles. The van der Waals surface area contributed by atoms with Crippen molar-refractivity contribution >= 4 is 11.8 Å². The van der Waals surface area contributed by atoms with Gasteiger partial charge < -0.3 is 9.84 Å². The van der Waals surface area contributed by atoms with Crippen LogP contribution >= 0.6 is 0 Å². The van der Waals surface area contributed by atoms with Crippen molar-refractivity contribution in [3.05, 3.63) is 12.7 Å². The van der Waals surface area contributed by atoms with Gasteiger partial charge in [-0.3, -0.25) is 9.59 Å². The summed E-state index contributed by atoms with van der Waals surface area (Å²) in [4.78, 5) is 21.5. The summed E-state index contributed by atoms with van der Waals surface area (Å²) in [6.07, 6.45) is -0.0750. The van der Waals surface area contributed by atoms with Crippen molar-refractivity contribution < 1.29 is 19.4 Å². The molecule has 0 saturated heterocycles. The van der Waals surface area contributed by atoms with Crippen LogP contribution in [-0.4, -0.2) is 29.6 Å². The van der Waals surface area contributed by atoms with Gasteiger partial charge in [0.25, 0.3) is 0 Å². The highest BCUT2D eigenvalue weighted by atomic mass is 16.5. The van der Waals surface area contributed by atoms with Crippen LogP contribution in [0.1, 0.15) is 19.8 Å². The predicted octanol–water partition coefficient (Wildman–Crippen LogP) is 0.446. The summed E-state index contributed by atoms with van der Waals surface area (Å²) >= 11 is 0. The second-order valence-corrected chi connectivity index (χ2v) is 2.54. The van der Waals surface area contributed by atoms with Gasteiger partial charge in [-0.1, -0.05) is 6.58 Å². The van der Waals surface area contributed by atoms with Crippen molar-refractivity contribution in [1.29, 1.82) is 0 Å². The van der Waals surface area contributed by atoms with Crippen molar-refractivity contribution in [3.63, 3.8) is 0 Å². The van der Waals surface area contributed by atoms with Crippen molar-refractivity contribution in [2.24, 2.45) is 0 Å². The van der Waals surface area contributed by atoms with Crippen LogP contribution in [-0.2, 0) is 14.3 Å². The number of hydrogen-bond acceptors (Lipinski definition) is 4. The Morgan fingerprint density at radius 1 is 1.54 bits per heavy atom. The smallest absolute Gasteiger partial charge is 0.308 e. The SMILES string of the molecule is C=CC(=O)CC(O)CC(=O)OCC. The van der Waals surface area contributed by atoms with Gasteiger partial charge in [0.15, 0.2) is 5.78 Å². The van der Waals surface area contributed by atoms with Crippen LogP contribution < -0.4 is 0 Å². The molecular weight excluding hydrogens is 172 g/mol. The molecule has 0 aliphatic heterocycles. The summed E-state index contributed by atoms with van der Waals surface area (Å²) in [5.74, 6) is -0.774. The highest BCUT2D eigenvalue weighted by Gasteiger charge is 2.13. The first-order valence-corrected chi connectivity index (χ1v) is 4.09. The third-order valence-electron chi connectivity index (χ3n) is 1.37. The number of ketones is 1. The molecule has 4 nitrogen and oxygen atoms in total. The molecule has 0 heterocycles. The van der Waals surface area contributed by atoms with E-state index in [1.165, 1.54) is 0 Å². The number of esters is 1. The van der Waals surface area contributed by atoms with Gasteiger partial charge in [-0.15, -0.1) is 0 Å². The van der Waals surface area contributed by atoms with Crippen molar-refractivity contribution in [1.82, 2.24) is 0 Å². The van der Waals surface area contributed by atoms with Gasteiger partial charge in [0.1, 0.15) is 0 Å². The summed E-state index contributed by atoms with van der Waals surface area (Å²) in [6.45, 7) is 5.21. The Hall–Kier alpha value is -1.16. The number of aliphatic hydroxyl groups excluding tert-OH is 1. The number of aliphatic hydroxyl groups is 1. The van der Waals surface area contributed by atoms with Gasteiger partial charge in [-0.2, -0.15) is 0 Å². The Kier molecular flexibility index (Phi) is 5.80. The molecule has 0 amide bonds. The van der Waals surface area contributed by atoms with Gasteiger partial charge in [-0.25, -0.2) is 0 Å². The maximum atomic E-state index is 10.8. The average Bonchev–Trinajstić information content (AvgIpc) is 2.04. The Labute approximate surface area is 77.2 Å². The molecule has 0 aliphatic carbocycles. The molecule has 0 aromatic rings. The first kappa shape index (κ1) is 11.8. The van der Waals surface area contributed by atoms with E-state index in [1.54, 1.807) is 6.92 Å². The molecular formula is C9H14O4. The van der Waals surface area contributed by atoms with Gasteiger partial charge >= 0.3 is 5.97 Å². The van der Waals surface area contributed by atoms with E-state index in [4.69, 9.17) is 0 Å². The Bertz CT molecular complexity index is 198. The van der Waals surface area contributed by atoms with Crippen LogP contribution in [0.3, 0.4) is 0 Å². The zero-order valence-electron chi connectivity index (χ0n) is 7.66. The first-order chi connectivity index (χ1) is 6.10. The number of allylic oxidation sites excluding steroid dienone is 1. The topological polar surface area (TPSA) is 63.6 Å². The molecule has 4 heteroatoms. The normalized spacial score (nSPS) is 11.8. The third kappa shape index (κ3) is 6.04. The van der Waals surface area contributed by atoms with E-state index in [-0.39, 0.29) is 25.2 Å². The molecule has 0 aliphatic rings. The molecule has 0 fully saturated rings. The quantitative estimate of drug-likeness (QED) is 0.483. The van der Waals surface area contributed by atoms with E-state index < -0.39 is 12.1 Å². The van der Waals surface area contributed by atoms with Gasteiger partial charge in [0, 0.05) is 6.42 Å². The minimum atomic E-state index is -0.968. The van der Waals surface area contributed by atoms with E-state index in [0.29, 0.717) is 0 Å². The molecule has 13 heavy (non-hydrogen) atoms. The van der Waals surface area contributed by atoms with Gasteiger partial charge in [0.05, 0.1) is 19.1 Å². The summed E-state index contributed by atoms with van der Waals surface area (Å²) < 4.78 is 4.59. The highest BCUT2D eigenvalue weighted by Crippen LogP contribution is 2.01. The number of ether oxygens (including phenoxy) is 1. The number of carbonyl (C=O) groups is 2. The lowest BCUT2D eigenvalue weighted by molar-refractivity contribution is -0.145.